The summed E-state index contributed by atoms with van der Waals surface area (Å²) in [4.78, 5) is 10.7. The Bertz CT molecular complexity index is 174. The van der Waals surface area contributed by atoms with Crippen molar-refractivity contribution >= 4 is 17.5 Å². The summed E-state index contributed by atoms with van der Waals surface area (Å²) in [6.07, 6.45) is 1.67. The van der Waals surface area contributed by atoms with Crippen LogP contribution in [0.4, 0.5) is 0 Å². The number of carbonyl (C=O) groups excluding carboxylic acids is 1. The van der Waals surface area contributed by atoms with Gasteiger partial charge in [0.1, 0.15) is 0 Å². The van der Waals surface area contributed by atoms with E-state index in [9.17, 15) is 4.79 Å². The number of nitrogens with one attached hydrogen (secondary N) is 1. The molecule has 10 heavy (non-hydrogen) atoms. The standard InChI is InChI=1S/C7H11NOS/c1-5(2)8-7-3-6(9)4-10-7/h3,5,8H,4H2,1-2H3. The Morgan fingerprint density at radius 1 is 1.70 bits per heavy atom. The van der Waals surface area contributed by atoms with Gasteiger partial charge in [0.2, 0.25) is 0 Å². The van der Waals surface area contributed by atoms with Crippen molar-refractivity contribution in [2.45, 2.75) is 19.9 Å². The minimum absolute atomic E-state index is 0.216. The number of rotatable bonds is 2. The van der Waals surface area contributed by atoms with Gasteiger partial charge in [-0.3, -0.25) is 4.79 Å². The predicted molar refractivity (Wildman–Crippen MR) is 43.8 cm³/mol. The third-order valence-electron chi connectivity index (χ3n) is 1.09. The van der Waals surface area contributed by atoms with Crippen LogP contribution < -0.4 is 5.32 Å². The lowest BCUT2D eigenvalue weighted by atomic mass is 10.4. The quantitative estimate of drug-likeness (QED) is 0.651. The number of carbonyl (C=O) groups is 1. The highest BCUT2D eigenvalue weighted by Crippen LogP contribution is 2.19. The maximum Gasteiger partial charge on any atom is 0.168 e. The van der Waals surface area contributed by atoms with Crippen LogP contribution in [0.5, 0.6) is 0 Å². The fourth-order valence-electron chi connectivity index (χ4n) is 0.746. The molecule has 0 spiro atoms. The van der Waals surface area contributed by atoms with Gasteiger partial charge in [0.25, 0.3) is 0 Å². The van der Waals surface area contributed by atoms with E-state index < -0.39 is 0 Å². The lowest BCUT2D eigenvalue weighted by Gasteiger charge is -2.08. The van der Waals surface area contributed by atoms with Gasteiger partial charge in [0, 0.05) is 12.1 Å². The van der Waals surface area contributed by atoms with E-state index in [1.54, 1.807) is 17.8 Å². The summed E-state index contributed by atoms with van der Waals surface area (Å²) in [6.45, 7) is 4.12. The molecular formula is C7H11NOS. The molecule has 3 heteroatoms. The molecule has 0 aromatic rings. The fraction of sp³-hybridized carbons (Fsp3) is 0.571. The highest BCUT2D eigenvalue weighted by molar-refractivity contribution is 8.04. The second kappa shape index (κ2) is 3.10. The van der Waals surface area contributed by atoms with Gasteiger partial charge in [-0.15, -0.1) is 11.8 Å². The number of hydrogen-bond acceptors (Lipinski definition) is 3. The Hall–Kier alpha value is -0.440. The lowest BCUT2D eigenvalue weighted by molar-refractivity contribution is -0.112. The maximum absolute atomic E-state index is 10.7. The normalized spacial score (nSPS) is 17.9. The Morgan fingerprint density at radius 2 is 2.40 bits per heavy atom. The van der Waals surface area contributed by atoms with E-state index in [1.165, 1.54) is 0 Å². The van der Waals surface area contributed by atoms with Crippen molar-refractivity contribution in [1.82, 2.24) is 5.32 Å². The Balaban J connectivity index is 2.43. The summed E-state index contributed by atoms with van der Waals surface area (Å²) >= 11 is 1.58. The SMILES string of the molecule is CC(C)NC1=CC(=O)CS1. The van der Waals surface area contributed by atoms with E-state index in [0.29, 0.717) is 11.8 Å². The van der Waals surface area contributed by atoms with Gasteiger partial charge in [0.05, 0.1) is 10.8 Å². The van der Waals surface area contributed by atoms with Crippen molar-refractivity contribution in [3.8, 4) is 0 Å². The van der Waals surface area contributed by atoms with E-state index in [0.717, 1.165) is 5.03 Å². The topological polar surface area (TPSA) is 29.1 Å². The van der Waals surface area contributed by atoms with Crippen LogP contribution in [0.25, 0.3) is 0 Å². The van der Waals surface area contributed by atoms with E-state index in [2.05, 4.69) is 19.2 Å². The summed E-state index contributed by atoms with van der Waals surface area (Å²) in [5.41, 5.74) is 0. The summed E-state index contributed by atoms with van der Waals surface area (Å²) < 4.78 is 0. The zero-order valence-corrected chi connectivity index (χ0v) is 6.99. The average molecular weight is 157 g/mol. The molecule has 1 aliphatic rings. The molecule has 0 amide bonds. The molecule has 0 fully saturated rings. The molecule has 0 unspecified atom stereocenters. The van der Waals surface area contributed by atoms with Crippen LogP contribution in [-0.4, -0.2) is 17.6 Å². The molecule has 0 bridgehead atoms. The molecule has 0 saturated carbocycles. The lowest BCUT2D eigenvalue weighted by Crippen LogP contribution is -2.19. The summed E-state index contributed by atoms with van der Waals surface area (Å²) in [6, 6.07) is 0.421. The third-order valence-corrected chi connectivity index (χ3v) is 2.07. The van der Waals surface area contributed by atoms with Crippen LogP contribution >= 0.6 is 11.8 Å². The molecule has 0 saturated heterocycles. The van der Waals surface area contributed by atoms with Crippen molar-refractivity contribution < 1.29 is 4.79 Å². The van der Waals surface area contributed by atoms with Gasteiger partial charge in [-0.2, -0.15) is 0 Å². The highest BCUT2D eigenvalue weighted by atomic mass is 32.2. The molecule has 0 atom stereocenters. The zero-order valence-electron chi connectivity index (χ0n) is 6.18. The first-order valence-electron chi connectivity index (χ1n) is 3.32. The minimum atomic E-state index is 0.216. The van der Waals surface area contributed by atoms with E-state index in [4.69, 9.17) is 0 Å². The molecular weight excluding hydrogens is 146 g/mol. The minimum Gasteiger partial charge on any atom is -0.378 e. The van der Waals surface area contributed by atoms with Crippen LogP contribution in [0, 0.1) is 0 Å². The van der Waals surface area contributed by atoms with Gasteiger partial charge in [-0.1, -0.05) is 0 Å². The maximum atomic E-state index is 10.7. The van der Waals surface area contributed by atoms with Crippen LogP contribution in [0.3, 0.4) is 0 Å². The van der Waals surface area contributed by atoms with E-state index in [1.807, 2.05) is 0 Å². The molecule has 1 rings (SSSR count). The van der Waals surface area contributed by atoms with Gasteiger partial charge >= 0.3 is 0 Å². The molecule has 2 nitrogen and oxygen atoms in total. The van der Waals surface area contributed by atoms with Crippen molar-refractivity contribution in [3.63, 3.8) is 0 Å². The fourth-order valence-corrected chi connectivity index (χ4v) is 1.66. The summed E-state index contributed by atoms with van der Waals surface area (Å²) in [5.74, 6) is 0.822. The van der Waals surface area contributed by atoms with Crippen LogP contribution in [-0.2, 0) is 4.79 Å². The molecule has 0 aromatic carbocycles. The van der Waals surface area contributed by atoms with Crippen molar-refractivity contribution in [3.05, 3.63) is 11.1 Å². The highest BCUT2D eigenvalue weighted by Gasteiger charge is 2.12. The molecule has 1 heterocycles. The number of allylic oxidation sites excluding steroid dienone is 1. The number of ketones is 1. The molecule has 56 valence electrons. The predicted octanol–water partition coefficient (Wildman–Crippen LogP) is 1.14. The number of hydrogen-bond donors (Lipinski definition) is 1. The first-order valence-corrected chi connectivity index (χ1v) is 4.31. The van der Waals surface area contributed by atoms with Gasteiger partial charge in [-0.25, -0.2) is 0 Å². The number of thioether (sulfide) groups is 1. The molecule has 0 radical (unpaired) electrons. The van der Waals surface area contributed by atoms with Crippen molar-refractivity contribution in [2.24, 2.45) is 0 Å². The summed E-state index contributed by atoms with van der Waals surface area (Å²) in [5, 5.41) is 4.19. The van der Waals surface area contributed by atoms with Crippen LogP contribution in [0.1, 0.15) is 13.8 Å². The van der Waals surface area contributed by atoms with Crippen LogP contribution in [0.15, 0.2) is 11.1 Å². The average Bonchev–Trinajstić information content (AvgIpc) is 2.13. The molecule has 1 N–H and O–H groups in total. The first kappa shape index (κ1) is 7.66. The molecule has 0 aromatic heterocycles. The molecule has 0 aliphatic carbocycles. The van der Waals surface area contributed by atoms with E-state index in [-0.39, 0.29) is 5.78 Å². The Labute approximate surface area is 65.1 Å². The summed E-state index contributed by atoms with van der Waals surface area (Å²) in [7, 11) is 0. The van der Waals surface area contributed by atoms with E-state index >= 15 is 0 Å². The smallest absolute Gasteiger partial charge is 0.168 e. The Kier molecular flexibility index (Phi) is 2.38. The van der Waals surface area contributed by atoms with Crippen molar-refractivity contribution in [1.29, 1.82) is 0 Å². The monoisotopic (exact) mass is 157 g/mol. The second-order valence-electron chi connectivity index (χ2n) is 2.56. The third kappa shape index (κ3) is 2.06. The first-order chi connectivity index (χ1) is 4.68. The molecule has 1 aliphatic heterocycles. The van der Waals surface area contributed by atoms with Crippen LogP contribution in [0.2, 0.25) is 0 Å². The second-order valence-corrected chi connectivity index (χ2v) is 3.58. The van der Waals surface area contributed by atoms with Gasteiger partial charge < -0.3 is 5.32 Å². The van der Waals surface area contributed by atoms with Gasteiger partial charge in [0.15, 0.2) is 5.78 Å². The Morgan fingerprint density at radius 3 is 2.80 bits per heavy atom. The largest absolute Gasteiger partial charge is 0.378 e. The van der Waals surface area contributed by atoms with Gasteiger partial charge in [-0.05, 0) is 13.8 Å². The zero-order chi connectivity index (χ0) is 7.56. The van der Waals surface area contributed by atoms with Crippen molar-refractivity contribution in [2.75, 3.05) is 5.75 Å².